The summed E-state index contributed by atoms with van der Waals surface area (Å²) in [7, 11) is 1.85. The van der Waals surface area contributed by atoms with E-state index in [2.05, 4.69) is 26.7 Å². The van der Waals surface area contributed by atoms with Gasteiger partial charge in [-0.3, -0.25) is 14.8 Å². The molecular weight excluding hydrogens is 596 g/mol. The van der Waals surface area contributed by atoms with Gasteiger partial charge in [0.2, 0.25) is 5.91 Å². The summed E-state index contributed by atoms with van der Waals surface area (Å²) >= 11 is 6.56. The second kappa shape index (κ2) is 15.3. The van der Waals surface area contributed by atoms with Gasteiger partial charge in [0.1, 0.15) is 30.3 Å². The molecule has 4 aromatic rings. The maximum absolute atomic E-state index is 12.9. The van der Waals surface area contributed by atoms with E-state index in [0.717, 1.165) is 12.1 Å². The fraction of sp³-hybridized carbons (Fsp3) is 0.273. The fourth-order valence-electron chi connectivity index (χ4n) is 4.67. The highest BCUT2D eigenvalue weighted by atomic mass is 35.5. The summed E-state index contributed by atoms with van der Waals surface area (Å²) in [6.07, 6.45) is 6.89. The first kappa shape index (κ1) is 31.7. The average molecular weight is 629 g/mol. The summed E-state index contributed by atoms with van der Waals surface area (Å²) in [5.41, 5.74) is 3.17. The van der Waals surface area contributed by atoms with Gasteiger partial charge in [-0.15, -0.1) is 0 Å². The molecule has 0 radical (unpaired) electrons. The molecule has 0 spiro atoms. The highest BCUT2D eigenvalue weighted by molar-refractivity contribution is 6.32. The van der Waals surface area contributed by atoms with Gasteiger partial charge in [-0.05, 0) is 43.4 Å². The van der Waals surface area contributed by atoms with E-state index in [9.17, 15) is 10.1 Å². The highest BCUT2D eigenvalue weighted by Gasteiger charge is 2.21. The number of nitrogens with one attached hydrogen (secondary N) is 2. The number of fused-ring (bicyclic) bond motifs is 1. The number of rotatable bonds is 13. The van der Waals surface area contributed by atoms with Crippen molar-refractivity contribution in [3.63, 3.8) is 0 Å². The molecule has 1 amide bonds. The summed E-state index contributed by atoms with van der Waals surface area (Å²) in [4.78, 5) is 23.6. The van der Waals surface area contributed by atoms with Crippen LogP contribution in [0.4, 0.5) is 17.1 Å². The normalized spacial score (nSPS) is 14.5. The van der Waals surface area contributed by atoms with E-state index in [1.807, 2.05) is 30.1 Å². The second-order valence-electron chi connectivity index (χ2n) is 10.4. The number of hydrogen-bond donors (Lipinski definition) is 3. The van der Waals surface area contributed by atoms with Crippen molar-refractivity contribution < 1.29 is 24.1 Å². The van der Waals surface area contributed by atoms with E-state index in [0.29, 0.717) is 76.4 Å². The number of nitrogens with zero attached hydrogens (tertiary/aromatic N) is 4. The number of carbonyl (C=O) groups excluding carboxylic acids is 1. The molecule has 2 aromatic heterocycles. The lowest BCUT2D eigenvalue weighted by molar-refractivity contribution is -0.111. The Balaban J connectivity index is 1.43. The minimum Gasteiger partial charge on any atom is -0.486 e. The van der Waals surface area contributed by atoms with E-state index in [1.54, 1.807) is 42.6 Å². The van der Waals surface area contributed by atoms with Crippen LogP contribution in [-0.4, -0.2) is 71.9 Å². The minimum absolute atomic E-state index is 0.0321. The monoisotopic (exact) mass is 628 g/mol. The van der Waals surface area contributed by atoms with Gasteiger partial charge in [0, 0.05) is 55.1 Å². The third-order valence-electron chi connectivity index (χ3n) is 7.00. The first-order chi connectivity index (χ1) is 21.9. The fourth-order valence-corrected chi connectivity index (χ4v) is 4.91. The molecule has 0 saturated carbocycles. The number of pyridine rings is 2. The lowest BCUT2D eigenvalue weighted by Crippen LogP contribution is -2.22. The van der Waals surface area contributed by atoms with Gasteiger partial charge >= 0.3 is 0 Å². The van der Waals surface area contributed by atoms with Crippen LogP contribution >= 0.6 is 11.6 Å². The van der Waals surface area contributed by atoms with Crippen molar-refractivity contribution >= 4 is 45.5 Å². The number of nitriles is 1. The van der Waals surface area contributed by atoms with Gasteiger partial charge in [-0.1, -0.05) is 23.7 Å². The van der Waals surface area contributed by atoms with Crippen LogP contribution in [0.25, 0.3) is 10.9 Å². The van der Waals surface area contributed by atoms with Gasteiger partial charge in [0.05, 0.1) is 53.0 Å². The van der Waals surface area contributed by atoms with Crippen molar-refractivity contribution in [2.24, 2.45) is 0 Å². The Bertz CT molecular complexity index is 1710. The zero-order valence-electron chi connectivity index (χ0n) is 24.7. The number of carbonyl (C=O) groups is 1. The molecule has 232 valence electrons. The Morgan fingerprint density at radius 1 is 1.24 bits per heavy atom. The van der Waals surface area contributed by atoms with E-state index in [-0.39, 0.29) is 25.2 Å². The van der Waals surface area contributed by atoms with Crippen molar-refractivity contribution in [2.75, 3.05) is 50.6 Å². The predicted molar refractivity (Wildman–Crippen MR) is 172 cm³/mol. The van der Waals surface area contributed by atoms with Gasteiger partial charge in [0.25, 0.3) is 0 Å². The molecule has 3 N–H and O–H groups in total. The quantitative estimate of drug-likeness (QED) is 0.172. The largest absolute Gasteiger partial charge is 0.486 e. The molecule has 1 saturated heterocycles. The van der Waals surface area contributed by atoms with Crippen LogP contribution in [0.5, 0.6) is 11.5 Å². The summed E-state index contributed by atoms with van der Waals surface area (Å²) in [5.74, 6) is 0.579. The SMILES string of the molecule is CN(CC=CC(=O)Nc1cc2c(Nc3ccc(OCc4ccccn4)c(Cl)c3)c(C#N)cnc2cc1O[C@H]1CCOC1)CCO. The molecule has 45 heavy (non-hydrogen) atoms. The van der Waals surface area contributed by atoms with Crippen LogP contribution in [0.2, 0.25) is 5.02 Å². The van der Waals surface area contributed by atoms with Crippen molar-refractivity contribution in [2.45, 2.75) is 19.1 Å². The second-order valence-corrected chi connectivity index (χ2v) is 10.8. The van der Waals surface area contributed by atoms with Gasteiger partial charge in [0.15, 0.2) is 0 Å². The Morgan fingerprint density at radius 2 is 2.13 bits per heavy atom. The van der Waals surface area contributed by atoms with Crippen molar-refractivity contribution in [1.29, 1.82) is 5.26 Å². The molecule has 5 rings (SSSR count). The van der Waals surface area contributed by atoms with Crippen molar-refractivity contribution in [3.05, 3.63) is 89.4 Å². The number of ether oxygens (including phenoxy) is 3. The van der Waals surface area contributed by atoms with E-state index in [1.165, 1.54) is 12.3 Å². The molecule has 0 bridgehead atoms. The van der Waals surface area contributed by atoms with Crippen LogP contribution in [0, 0.1) is 11.3 Å². The molecule has 3 heterocycles. The molecule has 1 aliphatic rings. The summed E-state index contributed by atoms with van der Waals surface area (Å²) in [5, 5.41) is 26.3. The Kier molecular flexibility index (Phi) is 10.8. The van der Waals surface area contributed by atoms with Crippen LogP contribution in [0.1, 0.15) is 17.7 Å². The first-order valence-corrected chi connectivity index (χ1v) is 14.8. The highest BCUT2D eigenvalue weighted by Crippen LogP contribution is 2.38. The van der Waals surface area contributed by atoms with E-state index < -0.39 is 0 Å². The number of aliphatic hydroxyl groups excluding tert-OH is 1. The Labute approximate surface area is 266 Å². The predicted octanol–water partition coefficient (Wildman–Crippen LogP) is 5.06. The Morgan fingerprint density at radius 3 is 2.87 bits per heavy atom. The number of aliphatic hydroxyl groups is 1. The first-order valence-electron chi connectivity index (χ1n) is 14.4. The zero-order valence-corrected chi connectivity index (χ0v) is 25.5. The lowest BCUT2D eigenvalue weighted by atomic mass is 10.1. The molecule has 2 aromatic carbocycles. The molecule has 0 unspecified atom stereocenters. The molecule has 1 fully saturated rings. The van der Waals surface area contributed by atoms with E-state index in [4.69, 9.17) is 30.9 Å². The topological polar surface area (TPSA) is 142 Å². The number of likely N-dealkylation sites (N-methyl/N-ethyl adjacent to an activating group) is 1. The number of aromatic nitrogens is 2. The van der Waals surface area contributed by atoms with Crippen LogP contribution in [0.15, 0.2) is 73.1 Å². The van der Waals surface area contributed by atoms with Crippen molar-refractivity contribution in [1.82, 2.24) is 14.9 Å². The zero-order chi connectivity index (χ0) is 31.6. The summed E-state index contributed by atoms with van der Waals surface area (Å²) < 4.78 is 17.6. The van der Waals surface area contributed by atoms with Crippen LogP contribution in [-0.2, 0) is 16.1 Å². The molecule has 11 nitrogen and oxygen atoms in total. The Hall–Kier alpha value is -4.73. The number of benzene rings is 2. The van der Waals surface area contributed by atoms with Crippen LogP contribution in [0.3, 0.4) is 0 Å². The van der Waals surface area contributed by atoms with Gasteiger partial charge in [-0.25, -0.2) is 0 Å². The smallest absolute Gasteiger partial charge is 0.248 e. The number of halogens is 1. The van der Waals surface area contributed by atoms with E-state index >= 15 is 0 Å². The lowest BCUT2D eigenvalue weighted by Gasteiger charge is -2.19. The number of hydrogen-bond acceptors (Lipinski definition) is 10. The van der Waals surface area contributed by atoms with Gasteiger partial charge < -0.3 is 34.9 Å². The minimum atomic E-state index is -0.355. The van der Waals surface area contributed by atoms with Crippen molar-refractivity contribution in [3.8, 4) is 17.6 Å². The molecule has 1 atom stereocenters. The molecular formula is C33H33ClN6O5. The molecule has 1 aliphatic heterocycles. The average Bonchev–Trinajstić information content (AvgIpc) is 3.55. The molecule has 0 aliphatic carbocycles. The number of amides is 1. The number of anilines is 3. The third-order valence-corrected chi connectivity index (χ3v) is 7.30. The molecule has 12 heteroatoms. The standard InChI is InChI=1S/C33H33ClN6O5/c1-40(12-13-41)11-4-6-32(42)39-29-16-26-28(17-31(29)45-25-9-14-43-21-25)37-19-22(18-35)33(26)38-23-7-8-30(27(34)15-23)44-20-24-5-2-3-10-36-24/h2-8,10,15-17,19,25,41H,9,11-14,20-21H2,1H3,(H,37,38)(H,39,42)/t25-/m0/s1. The summed E-state index contributed by atoms with van der Waals surface area (Å²) in [6, 6.07) is 16.5. The van der Waals surface area contributed by atoms with Crippen LogP contribution < -0.4 is 20.1 Å². The maximum atomic E-state index is 12.9. The summed E-state index contributed by atoms with van der Waals surface area (Å²) in [6.45, 7) is 2.32. The maximum Gasteiger partial charge on any atom is 0.248 e. The van der Waals surface area contributed by atoms with Gasteiger partial charge in [-0.2, -0.15) is 5.26 Å². The third kappa shape index (κ3) is 8.47.